The molecule has 1 heterocycles. The Balaban J connectivity index is 2.04. The highest BCUT2D eigenvalue weighted by Crippen LogP contribution is 2.07. The first kappa shape index (κ1) is 17.1. The van der Waals surface area contributed by atoms with Gasteiger partial charge in [-0.05, 0) is 31.5 Å². The summed E-state index contributed by atoms with van der Waals surface area (Å²) in [5, 5.41) is 6.70. The topological polar surface area (TPSA) is 81.1 Å². The van der Waals surface area contributed by atoms with Crippen molar-refractivity contribution in [3.63, 3.8) is 0 Å². The third kappa shape index (κ3) is 3.92. The van der Waals surface area contributed by atoms with Gasteiger partial charge in [0.1, 0.15) is 5.56 Å². The van der Waals surface area contributed by atoms with Crippen LogP contribution < -0.4 is 10.9 Å². The summed E-state index contributed by atoms with van der Waals surface area (Å²) in [6.07, 6.45) is 0. The normalized spacial score (nSPS) is 12.0. The van der Waals surface area contributed by atoms with Crippen LogP contribution in [0.1, 0.15) is 21.6 Å². The molecule has 7 heteroatoms. The highest BCUT2D eigenvalue weighted by molar-refractivity contribution is 7.85. The lowest BCUT2D eigenvalue weighted by molar-refractivity contribution is 0.0953. The maximum absolute atomic E-state index is 12.3. The van der Waals surface area contributed by atoms with Gasteiger partial charge in [0, 0.05) is 24.2 Å². The van der Waals surface area contributed by atoms with E-state index in [1.54, 1.807) is 26.0 Å². The predicted octanol–water partition coefficient (Wildman–Crippen LogP) is 0.935. The highest BCUT2D eigenvalue weighted by atomic mass is 32.2. The van der Waals surface area contributed by atoms with Crippen LogP contribution in [0.3, 0.4) is 0 Å². The molecule has 6 nitrogen and oxygen atoms in total. The van der Waals surface area contributed by atoms with Gasteiger partial charge >= 0.3 is 0 Å². The molecule has 1 aromatic heterocycles. The minimum absolute atomic E-state index is 0.0884. The second-order valence-corrected chi connectivity index (χ2v) is 6.70. The second-order valence-electron chi connectivity index (χ2n) is 5.13. The fraction of sp³-hybridized carbons (Fsp3) is 0.312. The molecule has 1 N–H and O–H groups in total. The van der Waals surface area contributed by atoms with Gasteiger partial charge in [0.05, 0.1) is 16.5 Å². The first-order valence-corrected chi connectivity index (χ1v) is 8.50. The van der Waals surface area contributed by atoms with Crippen molar-refractivity contribution in [1.29, 1.82) is 0 Å². The van der Waals surface area contributed by atoms with Crippen LogP contribution in [0.5, 0.6) is 0 Å². The van der Waals surface area contributed by atoms with Gasteiger partial charge in [-0.15, -0.1) is 0 Å². The summed E-state index contributed by atoms with van der Waals surface area (Å²) in [6.45, 7) is 3.67. The fourth-order valence-corrected chi connectivity index (χ4v) is 3.14. The molecule has 0 unspecified atom stereocenters. The molecular formula is C16H19N3O3S. The zero-order chi connectivity index (χ0) is 17.0. The number of nitrogens with zero attached hydrogens (tertiary/aromatic N) is 2. The third-order valence-electron chi connectivity index (χ3n) is 3.53. The SMILES string of the molecule is Cc1nn(C)c(=O)c(C(=O)NCC[S@](=O)c2ccccc2)c1C. The van der Waals surface area contributed by atoms with Gasteiger partial charge in [0.25, 0.3) is 11.5 Å². The molecule has 0 aliphatic heterocycles. The molecule has 1 atom stereocenters. The maximum Gasteiger partial charge on any atom is 0.279 e. The van der Waals surface area contributed by atoms with Gasteiger partial charge < -0.3 is 5.32 Å². The van der Waals surface area contributed by atoms with Crippen molar-refractivity contribution in [3.05, 3.63) is 57.5 Å². The Morgan fingerprint density at radius 2 is 1.91 bits per heavy atom. The minimum Gasteiger partial charge on any atom is -0.351 e. The van der Waals surface area contributed by atoms with Gasteiger partial charge in [-0.2, -0.15) is 5.10 Å². The quantitative estimate of drug-likeness (QED) is 0.883. The summed E-state index contributed by atoms with van der Waals surface area (Å²) in [6, 6.07) is 9.05. The molecule has 23 heavy (non-hydrogen) atoms. The maximum atomic E-state index is 12.3. The Kier molecular flexibility index (Phi) is 5.44. The highest BCUT2D eigenvalue weighted by Gasteiger charge is 2.17. The summed E-state index contributed by atoms with van der Waals surface area (Å²) < 4.78 is 13.2. The smallest absolute Gasteiger partial charge is 0.279 e. The molecule has 122 valence electrons. The predicted molar refractivity (Wildman–Crippen MR) is 89.0 cm³/mol. The van der Waals surface area contributed by atoms with E-state index in [1.165, 1.54) is 7.05 Å². The first-order valence-electron chi connectivity index (χ1n) is 7.18. The number of aromatic nitrogens is 2. The van der Waals surface area contributed by atoms with Crippen molar-refractivity contribution in [2.45, 2.75) is 18.7 Å². The van der Waals surface area contributed by atoms with Crippen molar-refractivity contribution >= 4 is 16.7 Å². The second kappa shape index (κ2) is 7.32. The number of carbonyl (C=O) groups excluding carboxylic acids is 1. The summed E-state index contributed by atoms with van der Waals surface area (Å²) in [5.74, 6) is -0.169. The molecular weight excluding hydrogens is 314 g/mol. The molecule has 0 bridgehead atoms. The van der Waals surface area contributed by atoms with Crippen molar-refractivity contribution in [2.24, 2.45) is 7.05 Å². The molecule has 0 saturated heterocycles. The van der Waals surface area contributed by atoms with E-state index in [2.05, 4.69) is 10.4 Å². The van der Waals surface area contributed by atoms with Crippen LogP contribution in [0.25, 0.3) is 0 Å². The van der Waals surface area contributed by atoms with Gasteiger partial charge in [-0.3, -0.25) is 13.8 Å². The Morgan fingerprint density at radius 1 is 1.26 bits per heavy atom. The van der Waals surface area contributed by atoms with Gasteiger partial charge in [-0.1, -0.05) is 18.2 Å². The van der Waals surface area contributed by atoms with E-state index in [1.807, 2.05) is 18.2 Å². The number of benzene rings is 1. The molecule has 1 amide bonds. The van der Waals surface area contributed by atoms with Crippen LogP contribution in [0.15, 0.2) is 40.0 Å². The van der Waals surface area contributed by atoms with Crippen molar-refractivity contribution in [2.75, 3.05) is 12.3 Å². The third-order valence-corrected chi connectivity index (χ3v) is 4.90. The van der Waals surface area contributed by atoms with E-state index in [0.29, 0.717) is 21.9 Å². The molecule has 2 aromatic rings. The monoisotopic (exact) mass is 333 g/mol. The Morgan fingerprint density at radius 3 is 2.57 bits per heavy atom. The number of rotatable bonds is 5. The van der Waals surface area contributed by atoms with Gasteiger partial charge in [-0.25, -0.2) is 4.68 Å². The number of amides is 1. The molecule has 1 aromatic carbocycles. The molecule has 0 radical (unpaired) electrons. The number of hydrogen-bond donors (Lipinski definition) is 1. The van der Waals surface area contributed by atoms with Crippen molar-refractivity contribution in [3.8, 4) is 0 Å². The zero-order valence-corrected chi connectivity index (χ0v) is 14.1. The van der Waals surface area contributed by atoms with E-state index in [0.717, 1.165) is 4.68 Å². The molecule has 0 spiro atoms. The van der Waals surface area contributed by atoms with E-state index in [4.69, 9.17) is 0 Å². The minimum atomic E-state index is -1.19. The number of aryl methyl sites for hydroxylation is 2. The van der Waals surface area contributed by atoms with E-state index in [9.17, 15) is 13.8 Å². The zero-order valence-electron chi connectivity index (χ0n) is 13.3. The van der Waals surface area contributed by atoms with E-state index >= 15 is 0 Å². The van der Waals surface area contributed by atoms with Crippen molar-refractivity contribution < 1.29 is 9.00 Å². The van der Waals surface area contributed by atoms with Gasteiger partial charge in [0.15, 0.2) is 0 Å². The van der Waals surface area contributed by atoms with Crippen LogP contribution in [0.4, 0.5) is 0 Å². The van der Waals surface area contributed by atoms with E-state index in [-0.39, 0.29) is 12.1 Å². The van der Waals surface area contributed by atoms with Gasteiger partial charge in [0.2, 0.25) is 0 Å². The number of hydrogen-bond acceptors (Lipinski definition) is 4. The Bertz CT molecular complexity index is 800. The summed E-state index contributed by atoms with van der Waals surface area (Å²) in [4.78, 5) is 25.1. The average Bonchev–Trinajstić information content (AvgIpc) is 2.54. The lowest BCUT2D eigenvalue weighted by Crippen LogP contribution is -2.36. The Labute approximate surface area is 137 Å². The largest absolute Gasteiger partial charge is 0.351 e. The van der Waals surface area contributed by atoms with E-state index < -0.39 is 22.3 Å². The average molecular weight is 333 g/mol. The summed E-state index contributed by atoms with van der Waals surface area (Å²) in [5.41, 5.74) is 0.847. The lowest BCUT2D eigenvalue weighted by Gasteiger charge is -2.10. The Hall–Kier alpha value is -2.28. The van der Waals surface area contributed by atoms with Crippen LogP contribution in [0, 0.1) is 13.8 Å². The molecule has 0 fully saturated rings. The molecule has 0 saturated carbocycles. The first-order chi connectivity index (χ1) is 10.9. The molecule has 0 aliphatic carbocycles. The summed E-state index contributed by atoms with van der Waals surface area (Å²) in [7, 11) is 0.324. The van der Waals surface area contributed by atoms with Crippen molar-refractivity contribution in [1.82, 2.24) is 15.1 Å². The number of nitrogens with one attached hydrogen (secondary N) is 1. The standard InChI is InChI=1S/C16H19N3O3S/c1-11-12(2)18-19(3)16(21)14(11)15(20)17-9-10-23(22)13-7-5-4-6-8-13/h4-8H,9-10H2,1-3H3,(H,17,20)/t23-/m0/s1. The van der Waals surface area contributed by atoms with Crippen LogP contribution in [-0.2, 0) is 17.8 Å². The number of carbonyl (C=O) groups is 1. The lowest BCUT2D eigenvalue weighted by atomic mass is 10.1. The van der Waals surface area contributed by atoms with Crippen LogP contribution >= 0.6 is 0 Å². The fourth-order valence-electron chi connectivity index (χ4n) is 2.15. The van der Waals surface area contributed by atoms with Crippen LogP contribution in [0.2, 0.25) is 0 Å². The molecule has 0 aliphatic rings. The summed E-state index contributed by atoms with van der Waals surface area (Å²) >= 11 is 0. The van der Waals surface area contributed by atoms with Crippen LogP contribution in [-0.4, -0.2) is 32.2 Å². The molecule has 2 rings (SSSR count).